The van der Waals surface area contributed by atoms with Gasteiger partial charge in [-0.3, -0.25) is 0 Å². The van der Waals surface area contributed by atoms with Gasteiger partial charge in [-0.15, -0.1) is 0 Å². The second-order valence-electron chi connectivity index (χ2n) is 12.8. The zero-order valence-electron chi connectivity index (χ0n) is 28.0. The number of phenols is 2. The number of hydrogen-bond donors (Lipinski definition) is 8. The highest BCUT2D eigenvalue weighted by Gasteiger charge is 2.33. The standard InChI is InChI=1S/C35H52O12S2/c1-44-32-13-22(14-33(35(32)43)46-20-39)12-27-28(40)16-24(45-19-38)7-5-23-15-31(47-25-6-4-21(11-25)3-2-9-36)29(41)17-26(23)34(8-10-37)49-48-18-30(27)42/h13-15,17,21,24-25,27-28,30,34,36-43H,2-12,16,18-20H2,1H3/t21-,24+,25+,27-,28-,30-,34+/m1/s1. The first-order valence-electron chi connectivity index (χ1n) is 17.0. The Morgan fingerprint density at radius 3 is 2.33 bits per heavy atom. The smallest absolute Gasteiger partial charge is 0.200 e. The van der Waals surface area contributed by atoms with Gasteiger partial charge in [0.15, 0.2) is 29.8 Å². The predicted octanol–water partition coefficient (Wildman–Crippen LogP) is 3.81. The van der Waals surface area contributed by atoms with Crippen LogP contribution in [0.3, 0.4) is 0 Å². The van der Waals surface area contributed by atoms with Gasteiger partial charge in [0.1, 0.15) is 6.79 Å². The van der Waals surface area contributed by atoms with Gasteiger partial charge in [-0.2, -0.15) is 0 Å². The Kier molecular flexibility index (Phi) is 16.2. The summed E-state index contributed by atoms with van der Waals surface area (Å²) in [7, 11) is 4.27. The molecule has 1 fully saturated rings. The molecule has 4 rings (SSSR count). The molecule has 0 radical (unpaired) electrons. The summed E-state index contributed by atoms with van der Waals surface area (Å²) in [6.45, 7) is -1.14. The van der Waals surface area contributed by atoms with Crippen LogP contribution in [0, 0.1) is 11.8 Å². The average molecular weight is 729 g/mol. The molecule has 0 aromatic heterocycles. The average Bonchev–Trinajstić information content (AvgIpc) is 3.53. The SMILES string of the molecule is COc1cc(C[C@H]2[C@H](O)CSS[C@@H](CCO)c3cc(O)c(O[C@H]4CC[C@@H](CCCO)C4)cc3CC[C@H](OCO)C[C@H]2O)cc(OCO)c1O. The lowest BCUT2D eigenvalue weighted by atomic mass is 9.85. The van der Waals surface area contributed by atoms with Crippen molar-refractivity contribution in [1.82, 2.24) is 0 Å². The van der Waals surface area contributed by atoms with E-state index in [0.717, 1.165) is 43.2 Å². The van der Waals surface area contributed by atoms with Crippen molar-refractivity contribution in [2.75, 3.05) is 39.7 Å². The molecule has 0 spiro atoms. The van der Waals surface area contributed by atoms with Crippen molar-refractivity contribution in [2.24, 2.45) is 11.8 Å². The van der Waals surface area contributed by atoms with Gasteiger partial charge in [-0.05, 0) is 111 Å². The summed E-state index contributed by atoms with van der Waals surface area (Å²) in [6.07, 6.45) is 3.36. The van der Waals surface area contributed by atoms with Crippen molar-refractivity contribution in [2.45, 2.75) is 93.9 Å². The molecule has 1 aliphatic heterocycles. The number of benzene rings is 2. The molecule has 0 unspecified atom stereocenters. The van der Waals surface area contributed by atoms with Gasteiger partial charge in [-0.25, -0.2) is 0 Å². The van der Waals surface area contributed by atoms with Crippen molar-refractivity contribution >= 4 is 21.6 Å². The van der Waals surface area contributed by atoms with Crippen LogP contribution >= 0.6 is 21.6 Å². The van der Waals surface area contributed by atoms with E-state index in [4.69, 9.17) is 18.9 Å². The summed E-state index contributed by atoms with van der Waals surface area (Å²) in [5, 5.41) is 82.6. The van der Waals surface area contributed by atoms with Crippen LogP contribution in [0.15, 0.2) is 24.3 Å². The van der Waals surface area contributed by atoms with E-state index in [2.05, 4.69) is 0 Å². The molecule has 2 aromatic rings. The van der Waals surface area contributed by atoms with E-state index in [1.165, 1.54) is 34.8 Å². The molecule has 0 saturated heterocycles. The fraction of sp³-hybridized carbons (Fsp3) is 0.657. The molecule has 12 nitrogen and oxygen atoms in total. The third kappa shape index (κ3) is 11.2. The summed E-state index contributed by atoms with van der Waals surface area (Å²) in [6, 6.07) is 6.68. The summed E-state index contributed by atoms with van der Waals surface area (Å²) in [5.41, 5.74) is 2.34. The van der Waals surface area contributed by atoms with Gasteiger partial charge < -0.3 is 59.8 Å². The van der Waals surface area contributed by atoms with Crippen molar-refractivity contribution < 1.29 is 59.8 Å². The van der Waals surface area contributed by atoms with E-state index >= 15 is 0 Å². The van der Waals surface area contributed by atoms with E-state index in [9.17, 15) is 40.9 Å². The third-order valence-electron chi connectivity index (χ3n) is 9.49. The lowest BCUT2D eigenvalue weighted by molar-refractivity contribution is -0.0808. The van der Waals surface area contributed by atoms with E-state index < -0.39 is 37.8 Å². The Morgan fingerprint density at radius 2 is 1.61 bits per heavy atom. The van der Waals surface area contributed by atoms with Gasteiger partial charge in [0, 0.05) is 30.1 Å². The van der Waals surface area contributed by atoms with E-state index in [1.807, 2.05) is 6.07 Å². The summed E-state index contributed by atoms with van der Waals surface area (Å²) in [5.74, 6) is 0.266. The van der Waals surface area contributed by atoms with Crippen molar-refractivity contribution in [3.63, 3.8) is 0 Å². The summed E-state index contributed by atoms with van der Waals surface area (Å²) in [4.78, 5) is 0. The van der Waals surface area contributed by atoms with Crippen molar-refractivity contribution in [1.29, 1.82) is 0 Å². The molecular formula is C35H52O12S2. The first-order valence-corrected chi connectivity index (χ1v) is 19.3. The first kappa shape index (κ1) is 39.6. The highest BCUT2D eigenvalue weighted by molar-refractivity contribution is 8.76. The molecule has 1 aliphatic carbocycles. The fourth-order valence-electron chi connectivity index (χ4n) is 6.91. The maximum absolute atomic E-state index is 11.6. The number of ether oxygens (including phenoxy) is 4. The Balaban J connectivity index is 1.60. The second kappa shape index (κ2) is 20.0. The first-order chi connectivity index (χ1) is 23.7. The number of aryl methyl sites for hydroxylation is 1. The zero-order chi connectivity index (χ0) is 35.3. The van der Waals surface area contributed by atoms with Crippen LogP contribution < -0.4 is 14.2 Å². The van der Waals surface area contributed by atoms with Crippen molar-refractivity contribution in [3.8, 4) is 28.7 Å². The molecule has 0 amide bonds. The summed E-state index contributed by atoms with van der Waals surface area (Å²) < 4.78 is 22.5. The number of fused-ring (bicyclic) bond motifs is 1. The van der Waals surface area contributed by atoms with Crippen LogP contribution in [-0.2, 0) is 17.6 Å². The molecule has 1 saturated carbocycles. The Hall–Kier alpha value is -2.14. The maximum Gasteiger partial charge on any atom is 0.200 e. The van der Waals surface area contributed by atoms with Gasteiger partial charge >= 0.3 is 0 Å². The highest BCUT2D eigenvalue weighted by atomic mass is 33.1. The van der Waals surface area contributed by atoms with Gasteiger partial charge in [0.25, 0.3) is 0 Å². The largest absolute Gasteiger partial charge is 0.504 e. The van der Waals surface area contributed by atoms with E-state index in [0.29, 0.717) is 36.5 Å². The number of methoxy groups -OCH3 is 1. The predicted molar refractivity (Wildman–Crippen MR) is 187 cm³/mol. The van der Waals surface area contributed by atoms with Crippen LogP contribution in [0.4, 0.5) is 0 Å². The Morgan fingerprint density at radius 1 is 0.816 bits per heavy atom. The van der Waals surface area contributed by atoms with E-state index in [1.54, 1.807) is 12.1 Å². The minimum atomic E-state index is -1.05. The number of aromatic hydroxyl groups is 2. The normalized spacial score (nSPS) is 26.6. The fourth-order valence-corrected chi connectivity index (χ4v) is 9.81. The number of phenolic OH excluding ortho intramolecular Hbond substituents is 2. The molecule has 1 heterocycles. The van der Waals surface area contributed by atoms with Crippen LogP contribution in [0.1, 0.15) is 73.3 Å². The topological polar surface area (TPSA) is 199 Å². The monoisotopic (exact) mass is 728 g/mol. The summed E-state index contributed by atoms with van der Waals surface area (Å²) >= 11 is 0. The van der Waals surface area contributed by atoms with E-state index in [-0.39, 0.29) is 66.2 Å². The van der Waals surface area contributed by atoms with Crippen molar-refractivity contribution in [3.05, 3.63) is 41.0 Å². The van der Waals surface area contributed by atoms with Crippen LogP contribution in [0.5, 0.6) is 28.7 Å². The minimum absolute atomic E-state index is 0.00236. The number of aliphatic hydroxyl groups excluding tert-OH is 6. The van der Waals surface area contributed by atoms with Gasteiger partial charge in [-0.1, -0.05) is 21.6 Å². The van der Waals surface area contributed by atoms with Crippen LogP contribution in [0.25, 0.3) is 0 Å². The van der Waals surface area contributed by atoms with Gasteiger partial charge in [0.05, 0.1) is 31.5 Å². The number of rotatable bonds is 14. The lowest BCUT2D eigenvalue weighted by Crippen LogP contribution is -2.38. The molecule has 8 N–H and O–H groups in total. The molecule has 49 heavy (non-hydrogen) atoms. The minimum Gasteiger partial charge on any atom is -0.504 e. The molecular weight excluding hydrogens is 677 g/mol. The number of aliphatic hydroxyl groups is 6. The van der Waals surface area contributed by atoms with Crippen LogP contribution in [-0.4, -0.2) is 105 Å². The second-order valence-corrected chi connectivity index (χ2v) is 15.4. The molecule has 2 aromatic carbocycles. The molecule has 276 valence electrons. The molecule has 0 bridgehead atoms. The third-order valence-corrected chi connectivity index (χ3v) is 12.3. The lowest BCUT2D eigenvalue weighted by Gasteiger charge is -2.30. The highest BCUT2D eigenvalue weighted by Crippen LogP contribution is 2.47. The maximum atomic E-state index is 11.6. The molecule has 14 heteroatoms. The Bertz CT molecular complexity index is 1300. The van der Waals surface area contributed by atoms with Gasteiger partial charge in [0.2, 0.25) is 5.75 Å². The zero-order valence-corrected chi connectivity index (χ0v) is 29.6. The Labute approximate surface area is 295 Å². The molecule has 2 aliphatic rings. The number of hydrogen-bond acceptors (Lipinski definition) is 14. The quantitative estimate of drug-likeness (QED) is 0.103. The molecule has 7 atom stereocenters. The van der Waals surface area contributed by atoms with Crippen LogP contribution in [0.2, 0.25) is 0 Å².